The molecule has 8 nitrogen and oxygen atoms in total. The first kappa shape index (κ1) is 22.2. The van der Waals surface area contributed by atoms with Crippen molar-refractivity contribution in [2.24, 2.45) is 10.7 Å². The molecule has 0 aliphatic carbocycles. The fourth-order valence-electron chi connectivity index (χ4n) is 2.27. The van der Waals surface area contributed by atoms with E-state index in [1.54, 1.807) is 25.6 Å². The Labute approximate surface area is 176 Å². The average Bonchev–Trinajstić information content (AvgIpc) is 3.37. The van der Waals surface area contributed by atoms with Gasteiger partial charge in [-0.25, -0.2) is 9.98 Å². The number of thiophene rings is 1. The van der Waals surface area contributed by atoms with E-state index in [1.165, 1.54) is 11.3 Å². The van der Waals surface area contributed by atoms with E-state index in [1.807, 2.05) is 35.0 Å². The van der Waals surface area contributed by atoms with E-state index in [0.717, 1.165) is 23.7 Å². The average molecular weight is 435 g/mol. The standard InChI is InChI=1S/C17H18N4O2S2.C2H4O2/c1-22-14-4-3-5-15(23-2)12(14)8-19-16(18)21-17-20-13(10-25-17)11-6-7-24-9-11;1-2(3)4/h3-7,9-10H,8H2,1-2H3,(H3,18,19,20,21);1H3,(H,3,4). The molecule has 0 radical (unpaired) electrons. The Hall–Kier alpha value is -3.11. The van der Waals surface area contributed by atoms with Gasteiger partial charge in [0.15, 0.2) is 11.1 Å². The van der Waals surface area contributed by atoms with E-state index in [-0.39, 0.29) is 0 Å². The Morgan fingerprint density at radius 3 is 2.45 bits per heavy atom. The van der Waals surface area contributed by atoms with Gasteiger partial charge in [0.25, 0.3) is 5.97 Å². The zero-order valence-electron chi connectivity index (χ0n) is 16.2. The molecule has 10 heteroatoms. The van der Waals surface area contributed by atoms with Crippen LogP contribution in [-0.4, -0.2) is 36.2 Å². The molecule has 0 aliphatic heterocycles. The van der Waals surface area contributed by atoms with Gasteiger partial charge in [-0.3, -0.25) is 4.79 Å². The number of benzene rings is 1. The summed E-state index contributed by atoms with van der Waals surface area (Å²) in [4.78, 5) is 17.9. The predicted molar refractivity (Wildman–Crippen MR) is 117 cm³/mol. The molecule has 2 aromatic heterocycles. The number of carboxylic acid groups (broad SMARTS) is 1. The maximum atomic E-state index is 9.00. The van der Waals surface area contributed by atoms with Crippen LogP contribution in [0, 0.1) is 0 Å². The lowest BCUT2D eigenvalue weighted by molar-refractivity contribution is -0.134. The number of methoxy groups -OCH3 is 2. The lowest BCUT2D eigenvalue weighted by Crippen LogP contribution is -2.22. The zero-order valence-corrected chi connectivity index (χ0v) is 17.8. The number of nitrogens with zero attached hydrogens (tertiary/aromatic N) is 2. The van der Waals surface area contributed by atoms with Crippen molar-refractivity contribution in [1.82, 2.24) is 4.98 Å². The van der Waals surface area contributed by atoms with E-state index in [0.29, 0.717) is 29.1 Å². The monoisotopic (exact) mass is 434 g/mol. The van der Waals surface area contributed by atoms with Crippen LogP contribution < -0.4 is 20.5 Å². The van der Waals surface area contributed by atoms with Crippen molar-refractivity contribution in [2.45, 2.75) is 13.5 Å². The molecule has 0 saturated carbocycles. The summed E-state index contributed by atoms with van der Waals surface area (Å²) >= 11 is 3.13. The smallest absolute Gasteiger partial charge is 0.300 e. The van der Waals surface area contributed by atoms with Gasteiger partial charge >= 0.3 is 0 Å². The molecule has 4 N–H and O–H groups in total. The lowest BCUT2D eigenvalue weighted by Gasteiger charge is -2.11. The number of carboxylic acids is 1. The van der Waals surface area contributed by atoms with Crippen molar-refractivity contribution in [1.29, 1.82) is 0 Å². The predicted octanol–water partition coefficient (Wildman–Crippen LogP) is 3.91. The van der Waals surface area contributed by atoms with Gasteiger partial charge in [0.1, 0.15) is 11.5 Å². The number of aliphatic carboxylic acids is 1. The van der Waals surface area contributed by atoms with Crippen LogP contribution in [0.25, 0.3) is 11.3 Å². The molecule has 2 heterocycles. The maximum absolute atomic E-state index is 9.00. The van der Waals surface area contributed by atoms with E-state index < -0.39 is 5.97 Å². The first-order valence-corrected chi connectivity index (χ1v) is 10.2. The second kappa shape index (κ2) is 11.0. The van der Waals surface area contributed by atoms with Crippen LogP contribution in [-0.2, 0) is 11.3 Å². The Morgan fingerprint density at radius 1 is 1.24 bits per heavy atom. The zero-order chi connectivity index (χ0) is 21.2. The van der Waals surface area contributed by atoms with Crippen LogP contribution in [0.15, 0.2) is 45.4 Å². The molecule has 0 saturated heterocycles. The van der Waals surface area contributed by atoms with Gasteiger partial charge in [-0.2, -0.15) is 11.3 Å². The maximum Gasteiger partial charge on any atom is 0.300 e. The SMILES string of the molecule is CC(=O)O.COc1cccc(OC)c1CN=C(N)Nc1nc(-c2ccsc2)cs1. The summed E-state index contributed by atoms with van der Waals surface area (Å²) in [6.45, 7) is 1.43. The molecule has 0 spiro atoms. The van der Waals surface area contributed by atoms with E-state index in [9.17, 15) is 0 Å². The lowest BCUT2D eigenvalue weighted by atomic mass is 10.2. The molecule has 0 atom stereocenters. The van der Waals surface area contributed by atoms with Gasteiger partial charge in [0, 0.05) is 23.2 Å². The molecule has 0 unspecified atom stereocenters. The third kappa shape index (κ3) is 6.77. The van der Waals surface area contributed by atoms with Crippen LogP contribution in [0.3, 0.4) is 0 Å². The largest absolute Gasteiger partial charge is 0.496 e. The minimum absolute atomic E-state index is 0.291. The first-order valence-electron chi connectivity index (χ1n) is 8.39. The number of aromatic nitrogens is 1. The topological polar surface area (TPSA) is 119 Å². The molecule has 0 fully saturated rings. The summed E-state index contributed by atoms with van der Waals surface area (Å²) in [6.07, 6.45) is 0. The Bertz CT molecular complexity index is 929. The molecule has 0 amide bonds. The normalized spacial score (nSPS) is 10.7. The number of carbonyl (C=O) groups is 1. The quantitative estimate of drug-likeness (QED) is 0.397. The van der Waals surface area contributed by atoms with E-state index in [2.05, 4.69) is 20.7 Å². The van der Waals surface area contributed by atoms with Crippen molar-refractivity contribution in [3.05, 3.63) is 46.0 Å². The van der Waals surface area contributed by atoms with E-state index >= 15 is 0 Å². The molecule has 3 aromatic rings. The first-order chi connectivity index (χ1) is 13.9. The van der Waals surface area contributed by atoms with Gasteiger partial charge in [-0.15, -0.1) is 11.3 Å². The number of nitrogens with two attached hydrogens (primary N) is 1. The second-order valence-corrected chi connectivity index (χ2v) is 7.17. The van der Waals surface area contributed by atoms with Gasteiger partial charge in [-0.1, -0.05) is 6.07 Å². The van der Waals surface area contributed by atoms with Gasteiger partial charge in [-0.05, 0) is 23.6 Å². The Balaban J connectivity index is 0.000000687. The number of hydrogen-bond donors (Lipinski definition) is 3. The summed E-state index contributed by atoms with van der Waals surface area (Å²) in [5.41, 5.74) is 8.86. The number of guanidine groups is 1. The third-order valence-corrected chi connectivity index (χ3v) is 4.93. The van der Waals surface area contributed by atoms with Crippen LogP contribution in [0.2, 0.25) is 0 Å². The molecular formula is C19H22N4O4S2. The molecular weight excluding hydrogens is 412 g/mol. The molecule has 0 aliphatic rings. The highest BCUT2D eigenvalue weighted by molar-refractivity contribution is 7.14. The number of rotatable bonds is 6. The summed E-state index contributed by atoms with van der Waals surface area (Å²) in [6, 6.07) is 7.64. The molecule has 154 valence electrons. The van der Waals surface area contributed by atoms with Crippen LogP contribution >= 0.6 is 22.7 Å². The van der Waals surface area contributed by atoms with Crippen molar-refractivity contribution in [3.8, 4) is 22.8 Å². The van der Waals surface area contributed by atoms with Crippen LogP contribution in [0.5, 0.6) is 11.5 Å². The summed E-state index contributed by atoms with van der Waals surface area (Å²) in [5.74, 6) is 0.883. The molecule has 1 aromatic carbocycles. The van der Waals surface area contributed by atoms with Crippen LogP contribution in [0.4, 0.5) is 5.13 Å². The van der Waals surface area contributed by atoms with Crippen molar-refractivity contribution in [2.75, 3.05) is 19.5 Å². The minimum atomic E-state index is -0.833. The van der Waals surface area contributed by atoms with Crippen molar-refractivity contribution < 1.29 is 19.4 Å². The van der Waals surface area contributed by atoms with Gasteiger partial charge < -0.3 is 25.6 Å². The minimum Gasteiger partial charge on any atom is -0.496 e. The van der Waals surface area contributed by atoms with E-state index in [4.69, 9.17) is 25.1 Å². The van der Waals surface area contributed by atoms with Crippen molar-refractivity contribution >= 4 is 39.7 Å². The van der Waals surface area contributed by atoms with Gasteiger partial charge in [0.2, 0.25) is 0 Å². The highest BCUT2D eigenvalue weighted by Crippen LogP contribution is 2.29. The molecule has 3 rings (SSSR count). The second-order valence-electron chi connectivity index (χ2n) is 5.54. The highest BCUT2D eigenvalue weighted by Gasteiger charge is 2.10. The number of hydrogen-bond acceptors (Lipinski definition) is 7. The Kier molecular flexibility index (Phi) is 8.44. The summed E-state index contributed by atoms with van der Waals surface area (Å²) < 4.78 is 10.7. The molecule has 29 heavy (non-hydrogen) atoms. The summed E-state index contributed by atoms with van der Waals surface area (Å²) in [7, 11) is 3.23. The highest BCUT2D eigenvalue weighted by atomic mass is 32.1. The fraction of sp³-hybridized carbons (Fsp3) is 0.211. The molecule has 0 bridgehead atoms. The van der Waals surface area contributed by atoms with Crippen molar-refractivity contribution in [3.63, 3.8) is 0 Å². The fourth-order valence-corrected chi connectivity index (χ4v) is 3.65. The Morgan fingerprint density at radius 2 is 1.90 bits per heavy atom. The number of ether oxygens (including phenoxy) is 2. The summed E-state index contributed by atoms with van der Waals surface area (Å²) in [5, 5.41) is 17.2. The number of nitrogens with one attached hydrogen (secondary N) is 1. The van der Waals surface area contributed by atoms with Gasteiger partial charge in [0.05, 0.1) is 32.0 Å². The number of thiazole rings is 1. The van der Waals surface area contributed by atoms with Crippen LogP contribution in [0.1, 0.15) is 12.5 Å². The number of aliphatic imine (C=N–C) groups is 1. The number of anilines is 1. The third-order valence-electron chi connectivity index (χ3n) is 3.49.